The van der Waals surface area contributed by atoms with Crippen LogP contribution in [0.1, 0.15) is 69.6 Å². The third kappa shape index (κ3) is 3.06. The second kappa shape index (κ2) is 6.59. The van der Waals surface area contributed by atoms with Crippen LogP contribution in [0.25, 0.3) is 0 Å². The van der Waals surface area contributed by atoms with E-state index >= 15 is 0 Å². The first kappa shape index (κ1) is 16.3. The van der Waals surface area contributed by atoms with Crippen molar-refractivity contribution in [2.45, 2.75) is 50.7 Å². The number of benzene rings is 1. The monoisotopic (exact) mass is 342 g/mol. The van der Waals surface area contributed by atoms with E-state index in [1.807, 2.05) is 0 Å². The minimum absolute atomic E-state index is 0.0765. The largest absolute Gasteiger partial charge is 0.376 e. The Morgan fingerprint density at radius 1 is 1.08 bits per heavy atom. The number of nitrogens with one attached hydrogen (secondary N) is 1. The zero-order chi connectivity index (χ0) is 17.4. The second-order valence-electron chi connectivity index (χ2n) is 7.07. The summed E-state index contributed by atoms with van der Waals surface area (Å²) < 4.78 is 5.54. The Hall–Kier alpha value is -2.21. The summed E-state index contributed by atoms with van der Waals surface area (Å²) in [6, 6.07) is 4.99. The molecule has 2 heterocycles. The van der Waals surface area contributed by atoms with Gasteiger partial charge in [-0.1, -0.05) is 12.8 Å². The van der Waals surface area contributed by atoms with Gasteiger partial charge >= 0.3 is 0 Å². The molecule has 1 saturated carbocycles. The topological polar surface area (TPSA) is 75.7 Å². The summed E-state index contributed by atoms with van der Waals surface area (Å²) in [5.41, 5.74) is 1.13. The summed E-state index contributed by atoms with van der Waals surface area (Å²) in [6.45, 7) is 0.968. The highest BCUT2D eigenvalue weighted by molar-refractivity contribution is 6.22. The number of amides is 3. The van der Waals surface area contributed by atoms with Crippen LogP contribution in [-0.4, -0.2) is 47.9 Å². The third-order valence-corrected chi connectivity index (χ3v) is 5.33. The summed E-state index contributed by atoms with van der Waals surface area (Å²) in [6.07, 6.45) is 6.03. The van der Waals surface area contributed by atoms with Crippen molar-refractivity contribution in [3.05, 3.63) is 34.9 Å². The number of hydrogen-bond donors (Lipinski definition) is 1. The number of carbonyl (C=O) groups excluding carboxylic acids is 3. The van der Waals surface area contributed by atoms with E-state index in [2.05, 4.69) is 5.32 Å². The molecule has 1 N–H and O–H groups in total. The molecule has 2 aliphatic heterocycles. The summed E-state index contributed by atoms with van der Waals surface area (Å²) in [5.74, 6) is -0.795. The van der Waals surface area contributed by atoms with Gasteiger partial charge in [-0.25, -0.2) is 0 Å². The SMILES string of the molecule is O=C(NC1CCCC1)c1ccc2c(c1)C(=O)N(C[C@@H]1CCCO1)C2=O. The number of imide groups is 1. The van der Waals surface area contributed by atoms with Crippen LogP contribution in [0.2, 0.25) is 0 Å². The van der Waals surface area contributed by atoms with Gasteiger partial charge in [-0.2, -0.15) is 0 Å². The Morgan fingerprint density at radius 2 is 1.84 bits per heavy atom. The van der Waals surface area contributed by atoms with Gasteiger partial charge in [-0.3, -0.25) is 19.3 Å². The van der Waals surface area contributed by atoms with E-state index in [1.54, 1.807) is 18.2 Å². The second-order valence-corrected chi connectivity index (χ2v) is 7.07. The van der Waals surface area contributed by atoms with Gasteiger partial charge < -0.3 is 10.1 Å². The Balaban J connectivity index is 1.51. The number of hydrogen-bond acceptors (Lipinski definition) is 4. The van der Waals surface area contributed by atoms with E-state index in [4.69, 9.17) is 4.74 Å². The molecular weight excluding hydrogens is 320 g/mol. The number of fused-ring (bicyclic) bond motifs is 1. The van der Waals surface area contributed by atoms with Gasteiger partial charge in [-0.05, 0) is 43.9 Å². The number of carbonyl (C=O) groups is 3. The summed E-state index contributed by atoms with van der Waals surface area (Å²) in [5, 5.41) is 3.01. The molecule has 4 rings (SSSR count). The summed E-state index contributed by atoms with van der Waals surface area (Å²) in [4.78, 5) is 38.8. The molecule has 0 unspecified atom stereocenters. The third-order valence-electron chi connectivity index (χ3n) is 5.33. The van der Waals surface area contributed by atoms with Crippen molar-refractivity contribution in [2.24, 2.45) is 0 Å². The molecule has 1 aliphatic carbocycles. The molecule has 0 bridgehead atoms. The average molecular weight is 342 g/mol. The van der Waals surface area contributed by atoms with Crippen molar-refractivity contribution in [3.63, 3.8) is 0 Å². The Bertz CT molecular complexity index is 718. The van der Waals surface area contributed by atoms with Crippen molar-refractivity contribution in [3.8, 4) is 0 Å². The Labute approximate surface area is 146 Å². The average Bonchev–Trinajstić information content (AvgIpc) is 3.35. The first-order valence-electron chi connectivity index (χ1n) is 9.06. The maximum Gasteiger partial charge on any atom is 0.261 e. The fraction of sp³-hybridized carbons (Fsp3) is 0.526. The van der Waals surface area contributed by atoms with Gasteiger partial charge in [0.25, 0.3) is 17.7 Å². The van der Waals surface area contributed by atoms with Gasteiger partial charge in [0.05, 0.1) is 23.8 Å². The van der Waals surface area contributed by atoms with Crippen LogP contribution in [-0.2, 0) is 4.74 Å². The first-order chi connectivity index (χ1) is 12.1. The molecule has 1 saturated heterocycles. The highest BCUT2D eigenvalue weighted by Gasteiger charge is 2.38. The zero-order valence-corrected chi connectivity index (χ0v) is 14.1. The molecule has 1 aromatic rings. The van der Waals surface area contributed by atoms with Gasteiger partial charge in [-0.15, -0.1) is 0 Å². The molecule has 1 aromatic carbocycles. The standard InChI is InChI=1S/C19H22N2O4/c22-17(20-13-4-1-2-5-13)12-7-8-15-16(10-12)19(24)21(18(15)23)11-14-6-3-9-25-14/h7-8,10,13-14H,1-6,9,11H2,(H,20,22)/t14-/m0/s1. The molecule has 1 atom stereocenters. The molecule has 6 heteroatoms. The van der Waals surface area contributed by atoms with E-state index in [1.165, 1.54) is 4.90 Å². The maximum atomic E-state index is 12.6. The smallest absolute Gasteiger partial charge is 0.261 e. The minimum atomic E-state index is -0.328. The summed E-state index contributed by atoms with van der Waals surface area (Å²) in [7, 11) is 0. The van der Waals surface area contributed by atoms with Crippen LogP contribution in [0.5, 0.6) is 0 Å². The highest BCUT2D eigenvalue weighted by atomic mass is 16.5. The van der Waals surface area contributed by atoms with Crippen LogP contribution >= 0.6 is 0 Å². The van der Waals surface area contributed by atoms with E-state index in [0.717, 1.165) is 38.5 Å². The van der Waals surface area contributed by atoms with Crippen molar-refractivity contribution >= 4 is 17.7 Å². The minimum Gasteiger partial charge on any atom is -0.376 e. The van der Waals surface area contributed by atoms with Crippen LogP contribution in [0.15, 0.2) is 18.2 Å². The lowest BCUT2D eigenvalue weighted by molar-refractivity contribution is 0.0475. The molecule has 25 heavy (non-hydrogen) atoms. The molecule has 132 valence electrons. The molecule has 3 amide bonds. The molecule has 0 spiro atoms. The normalized spacial score (nSPS) is 23.4. The number of rotatable bonds is 4. The zero-order valence-electron chi connectivity index (χ0n) is 14.1. The lowest BCUT2D eigenvalue weighted by Crippen LogP contribution is -2.36. The van der Waals surface area contributed by atoms with Gasteiger partial charge in [0, 0.05) is 18.2 Å². The Morgan fingerprint density at radius 3 is 2.56 bits per heavy atom. The fourth-order valence-corrected chi connectivity index (χ4v) is 3.93. The van der Waals surface area contributed by atoms with E-state index in [-0.39, 0.29) is 36.4 Å². The van der Waals surface area contributed by atoms with Crippen LogP contribution in [0, 0.1) is 0 Å². The van der Waals surface area contributed by atoms with Crippen molar-refractivity contribution in [1.29, 1.82) is 0 Å². The Kier molecular flexibility index (Phi) is 4.29. The predicted octanol–water partition coefficient (Wildman–Crippen LogP) is 2.13. The lowest BCUT2D eigenvalue weighted by Gasteiger charge is -2.17. The molecule has 3 aliphatic rings. The highest BCUT2D eigenvalue weighted by Crippen LogP contribution is 2.26. The quantitative estimate of drug-likeness (QED) is 0.851. The van der Waals surface area contributed by atoms with Crippen LogP contribution < -0.4 is 5.32 Å². The van der Waals surface area contributed by atoms with E-state index in [0.29, 0.717) is 23.3 Å². The van der Waals surface area contributed by atoms with Crippen molar-refractivity contribution in [1.82, 2.24) is 10.2 Å². The first-order valence-corrected chi connectivity index (χ1v) is 9.06. The predicted molar refractivity (Wildman–Crippen MR) is 90.5 cm³/mol. The fourth-order valence-electron chi connectivity index (χ4n) is 3.93. The maximum absolute atomic E-state index is 12.6. The van der Waals surface area contributed by atoms with Crippen LogP contribution in [0.4, 0.5) is 0 Å². The van der Waals surface area contributed by atoms with Gasteiger partial charge in [0.15, 0.2) is 0 Å². The van der Waals surface area contributed by atoms with Crippen molar-refractivity contribution < 1.29 is 19.1 Å². The van der Waals surface area contributed by atoms with Gasteiger partial charge in [0.2, 0.25) is 0 Å². The molecule has 2 fully saturated rings. The summed E-state index contributed by atoms with van der Waals surface area (Å²) >= 11 is 0. The molecule has 0 radical (unpaired) electrons. The van der Waals surface area contributed by atoms with Crippen molar-refractivity contribution in [2.75, 3.05) is 13.2 Å². The molecule has 6 nitrogen and oxygen atoms in total. The van der Waals surface area contributed by atoms with E-state index < -0.39 is 0 Å². The lowest BCUT2D eigenvalue weighted by atomic mass is 10.0. The molecular formula is C19H22N2O4. The van der Waals surface area contributed by atoms with E-state index in [9.17, 15) is 14.4 Å². The van der Waals surface area contributed by atoms with Crippen LogP contribution in [0.3, 0.4) is 0 Å². The van der Waals surface area contributed by atoms with Gasteiger partial charge in [0.1, 0.15) is 0 Å². The number of nitrogens with zero attached hydrogens (tertiary/aromatic N) is 1. The number of ether oxygens (including phenoxy) is 1. The molecule has 0 aromatic heterocycles.